The Hall–Kier alpha value is -2.09. The van der Waals surface area contributed by atoms with Gasteiger partial charge in [-0.1, -0.05) is 30.3 Å². The Morgan fingerprint density at radius 1 is 1.31 bits per heavy atom. The van der Waals surface area contributed by atoms with E-state index in [9.17, 15) is 27.9 Å². The van der Waals surface area contributed by atoms with Crippen molar-refractivity contribution < 1.29 is 32.6 Å². The quantitative estimate of drug-likeness (QED) is 0.884. The molecule has 1 unspecified atom stereocenters. The van der Waals surface area contributed by atoms with E-state index in [0.29, 0.717) is 0 Å². The van der Waals surface area contributed by atoms with Crippen molar-refractivity contribution in [3.05, 3.63) is 35.9 Å². The molecule has 2 saturated heterocycles. The first-order chi connectivity index (χ1) is 12.2. The minimum absolute atomic E-state index is 0.0289. The number of hydrogen-bond donors (Lipinski definition) is 1. The number of benzene rings is 1. The highest BCUT2D eigenvalue weighted by Crippen LogP contribution is 2.44. The van der Waals surface area contributed by atoms with Crippen molar-refractivity contribution in [3.8, 4) is 0 Å². The largest absolute Gasteiger partial charge is 0.481 e. The van der Waals surface area contributed by atoms with Gasteiger partial charge in [-0.3, -0.25) is 9.59 Å². The van der Waals surface area contributed by atoms with Crippen molar-refractivity contribution in [3.63, 3.8) is 0 Å². The van der Waals surface area contributed by atoms with Crippen LogP contribution >= 0.6 is 0 Å². The second kappa shape index (κ2) is 6.90. The number of hydrogen-bond acceptors (Lipinski definition) is 3. The maximum atomic E-state index is 13.5. The molecule has 1 N–H and O–H groups in total. The van der Waals surface area contributed by atoms with Crippen molar-refractivity contribution in [1.29, 1.82) is 0 Å². The van der Waals surface area contributed by atoms with Gasteiger partial charge >= 0.3 is 12.1 Å². The summed E-state index contributed by atoms with van der Waals surface area (Å²) in [7, 11) is 0. The second-order valence-electron chi connectivity index (χ2n) is 6.97. The summed E-state index contributed by atoms with van der Waals surface area (Å²) in [5.74, 6) is -3.99. The Bertz CT molecular complexity index is 679. The van der Waals surface area contributed by atoms with E-state index in [0.717, 1.165) is 0 Å². The highest BCUT2D eigenvalue weighted by Gasteiger charge is 2.55. The summed E-state index contributed by atoms with van der Waals surface area (Å²) in [4.78, 5) is 25.6. The SMILES string of the molecule is O=C(CC(c1ccccc1)C(F)(F)F)N1C[C@H]2COCC[C@@]2(C(=O)O)C1. The summed E-state index contributed by atoms with van der Waals surface area (Å²) in [5.41, 5.74) is -1.09. The second-order valence-corrected chi connectivity index (χ2v) is 6.97. The van der Waals surface area contributed by atoms with Gasteiger partial charge in [0.25, 0.3) is 0 Å². The predicted octanol–water partition coefficient (Wildman–Crippen LogP) is 2.67. The molecule has 26 heavy (non-hydrogen) atoms. The standard InChI is InChI=1S/C18H20F3NO4/c19-18(20,21)14(12-4-2-1-3-5-12)8-15(23)22-9-13-10-26-7-6-17(13,11-22)16(24)25/h1-5,13-14H,6-11H2,(H,24,25)/t13-,14?,17+/m0/s1. The molecule has 0 spiro atoms. The van der Waals surface area contributed by atoms with Crippen LogP contribution < -0.4 is 0 Å². The molecule has 0 bridgehead atoms. The predicted molar refractivity (Wildman–Crippen MR) is 85.4 cm³/mol. The number of alkyl halides is 3. The van der Waals surface area contributed by atoms with Crippen molar-refractivity contribution >= 4 is 11.9 Å². The van der Waals surface area contributed by atoms with Gasteiger partial charge in [0.05, 0.1) is 17.9 Å². The van der Waals surface area contributed by atoms with Gasteiger partial charge in [0.2, 0.25) is 5.91 Å². The lowest BCUT2D eigenvalue weighted by atomic mass is 9.74. The maximum Gasteiger partial charge on any atom is 0.396 e. The molecule has 2 aliphatic rings. The van der Waals surface area contributed by atoms with E-state index in [4.69, 9.17) is 4.74 Å². The van der Waals surface area contributed by atoms with Gasteiger partial charge in [-0.25, -0.2) is 0 Å². The fourth-order valence-corrected chi connectivity index (χ4v) is 3.90. The van der Waals surface area contributed by atoms with Crippen molar-refractivity contribution in [2.45, 2.75) is 24.9 Å². The molecule has 2 aliphatic heterocycles. The number of carboxylic acid groups (broad SMARTS) is 1. The van der Waals surface area contributed by atoms with Crippen LogP contribution in [0.4, 0.5) is 13.2 Å². The Morgan fingerprint density at radius 3 is 2.58 bits per heavy atom. The van der Waals surface area contributed by atoms with Crippen LogP contribution in [-0.2, 0) is 14.3 Å². The molecule has 1 aromatic carbocycles. The van der Waals surface area contributed by atoms with Crippen LogP contribution in [-0.4, -0.2) is 54.4 Å². The summed E-state index contributed by atoms with van der Waals surface area (Å²) in [6.07, 6.45) is -5.02. The molecule has 8 heteroatoms. The van der Waals surface area contributed by atoms with Crippen molar-refractivity contribution in [1.82, 2.24) is 4.90 Å². The third kappa shape index (κ3) is 3.42. The molecule has 0 aromatic heterocycles. The van der Waals surface area contributed by atoms with E-state index in [2.05, 4.69) is 0 Å². The van der Waals surface area contributed by atoms with Crippen LogP contribution in [0.3, 0.4) is 0 Å². The number of likely N-dealkylation sites (tertiary alicyclic amines) is 1. The first-order valence-corrected chi connectivity index (χ1v) is 8.44. The smallest absolute Gasteiger partial charge is 0.396 e. The van der Waals surface area contributed by atoms with Gasteiger partial charge in [0.1, 0.15) is 0 Å². The fourth-order valence-electron chi connectivity index (χ4n) is 3.90. The molecule has 5 nitrogen and oxygen atoms in total. The number of carbonyl (C=O) groups excluding carboxylic acids is 1. The first-order valence-electron chi connectivity index (χ1n) is 8.44. The van der Waals surface area contributed by atoms with E-state index in [1.165, 1.54) is 29.2 Å². The van der Waals surface area contributed by atoms with Gasteiger partial charge in [-0.15, -0.1) is 0 Å². The van der Waals surface area contributed by atoms with Gasteiger partial charge in [-0.05, 0) is 12.0 Å². The number of halogens is 3. The van der Waals surface area contributed by atoms with E-state index in [1.807, 2.05) is 0 Å². The summed E-state index contributed by atoms with van der Waals surface area (Å²) in [5, 5.41) is 9.61. The summed E-state index contributed by atoms with van der Waals surface area (Å²) < 4.78 is 45.7. The Kier molecular flexibility index (Phi) is 4.96. The van der Waals surface area contributed by atoms with Crippen LogP contribution in [0.25, 0.3) is 0 Å². The molecule has 1 amide bonds. The van der Waals surface area contributed by atoms with E-state index in [-0.39, 0.29) is 38.3 Å². The number of aliphatic carboxylic acids is 1. The number of amides is 1. The molecule has 3 atom stereocenters. The number of rotatable bonds is 4. The monoisotopic (exact) mass is 371 g/mol. The number of ether oxygens (including phenoxy) is 1. The minimum Gasteiger partial charge on any atom is -0.481 e. The Morgan fingerprint density at radius 2 is 2.00 bits per heavy atom. The minimum atomic E-state index is -4.56. The van der Waals surface area contributed by atoms with Crippen LogP contribution in [0.15, 0.2) is 30.3 Å². The number of carbonyl (C=O) groups is 2. The van der Waals surface area contributed by atoms with Gasteiger partial charge in [-0.2, -0.15) is 13.2 Å². The molecule has 1 aromatic rings. The average Bonchev–Trinajstić information content (AvgIpc) is 3.00. The lowest BCUT2D eigenvalue weighted by molar-refractivity contribution is -0.161. The fraction of sp³-hybridized carbons (Fsp3) is 0.556. The Labute approximate surface area is 148 Å². The molecule has 142 valence electrons. The average molecular weight is 371 g/mol. The lowest BCUT2D eigenvalue weighted by Crippen LogP contribution is -2.45. The first kappa shape index (κ1) is 18.7. The number of nitrogens with zero attached hydrogens (tertiary/aromatic N) is 1. The van der Waals surface area contributed by atoms with Crippen LogP contribution in [0.1, 0.15) is 24.3 Å². The summed E-state index contributed by atoms with van der Waals surface area (Å²) in [6.45, 7) is 0.538. The molecule has 0 radical (unpaired) electrons. The molecule has 2 fully saturated rings. The topological polar surface area (TPSA) is 66.8 Å². The van der Waals surface area contributed by atoms with E-state index >= 15 is 0 Å². The Balaban J connectivity index is 1.78. The highest BCUT2D eigenvalue weighted by atomic mass is 19.4. The van der Waals surface area contributed by atoms with Crippen LogP contribution in [0.2, 0.25) is 0 Å². The zero-order valence-electron chi connectivity index (χ0n) is 14.0. The van der Waals surface area contributed by atoms with E-state index < -0.39 is 41.7 Å². The highest BCUT2D eigenvalue weighted by molar-refractivity contribution is 5.81. The number of carboxylic acids is 1. The van der Waals surface area contributed by atoms with Gasteiger partial charge < -0.3 is 14.7 Å². The third-order valence-electron chi connectivity index (χ3n) is 5.46. The van der Waals surface area contributed by atoms with Crippen LogP contribution in [0.5, 0.6) is 0 Å². The van der Waals surface area contributed by atoms with Gasteiger partial charge in [0.15, 0.2) is 0 Å². The molecule has 0 saturated carbocycles. The van der Waals surface area contributed by atoms with Gasteiger partial charge in [0, 0.05) is 32.0 Å². The molecular weight excluding hydrogens is 351 g/mol. The zero-order valence-corrected chi connectivity index (χ0v) is 14.0. The molecule has 0 aliphatic carbocycles. The zero-order chi connectivity index (χ0) is 18.9. The molecular formula is C18H20F3NO4. The van der Waals surface area contributed by atoms with Crippen molar-refractivity contribution in [2.24, 2.45) is 11.3 Å². The molecule has 2 heterocycles. The summed E-state index contributed by atoms with van der Waals surface area (Å²) in [6, 6.07) is 7.31. The third-order valence-corrected chi connectivity index (χ3v) is 5.46. The number of fused-ring (bicyclic) bond motifs is 1. The molecule has 3 rings (SSSR count). The van der Waals surface area contributed by atoms with Crippen LogP contribution in [0, 0.1) is 11.3 Å². The summed E-state index contributed by atoms with van der Waals surface area (Å²) >= 11 is 0. The lowest BCUT2D eigenvalue weighted by Gasteiger charge is -2.33. The maximum absolute atomic E-state index is 13.5. The van der Waals surface area contributed by atoms with E-state index in [1.54, 1.807) is 6.07 Å². The normalized spacial score (nSPS) is 27.0. The van der Waals surface area contributed by atoms with Crippen molar-refractivity contribution in [2.75, 3.05) is 26.3 Å².